The van der Waals surface area contributed by atoms with Gasteiger partial charge in [0.05, 0.1) is 25.9 Å². The van der Waals surface area contributed by atoms with E-state index in [1.165, 1.54) is 4.57 Å². The molecule has 2 unspecified atom stereocenters. The highest BCUT2D eigenvalue weighted by Gasteiger charge is 2.54. The summed E-state index contributed by atoms with van der Waals surface area (Å²) in [5.74, 6) is -0.313. The zero-order valence-electron chi connectivity index (χ0n) is 22.3. The van der Waals surface area contributed by atoms with Gasteiger partial charge in [-0.1, -0.05) is 0 Å². The number of fused-ring (bicyclic) bond motifs is 6. The van der Waals surface area contributed by atoms with Crippen molar-refractivity contribution < 1.29 is 56.0 Å². The molecule has 8 N–H and O–H groups in total. The predicted molar refractivity (Wildman–Crippen MR) is 142 cm³/mol. The summed E-state index contributed by atoms with van der Waals surface area (Å²) in [5.41, 5.74) is 10.6. The summed E-state index contributed by atoms with van der Waals surface area (Å²) in [4.78, 5) is 55.6. The summed E-state index contributed by atoms with van der Waals surface area (Å²) >= 11 is 0. The number of aliphatic hydroxyl groups is 1. The summed E-state index contributed by atoms with van der Waals surface area (Å²) < 4.78 is 76.3. The van der Waals surface area contributed by atoms with Crippen LogP contribution in [0.1, 0.15) is 12.5 Å². The molecule has 3 aliphatic rings. The van der Waals surface area contributed by atoms with E-state index in [1.807, 2.05) is 0 Å². The predicted octanol–water partition coefficient (Wildman–Crippen LogP) is -1.36. The quantitative estimate of drug-likeness (QED) is 0.133. The lowest BCUT2D eigenvalue weighted by Crippen LogP contribution is -2.37. The lowest BCUT2D eigenvalue weighted by Gasteiger charge is -2.25. The highest BCUT2D eigenvalue weighted by molar-refractivity contribution is 7.47. The van der Waals surface area contributed by atoms with Crippen LogP contribution in [0.25, 0.3) is 22.3 Å². The van der Waals surface area contributed by atoms with Crippen LogP contribution in [0, 0.1) is 0 Å². The normalized spacial score (nSPS) is 37.7. The molecule has 3 fully saturated rings. The van der Waals surface area contributed by atoms with Gasteiger partial charge in [0.2, 0.25) is 5.95 Å². The first kappa shape index (κ1) is 30.2. The molecule has 7 heterocycles. The second-order valence-electron chi connectivity index (χ2n) is 10.1. The van der Waals surface area contributed by atoms with E-state index in [4.69, 9.17) is 39.0 Å². The van der Waals surface area contributed by atoms with Gasteiger partial charge in [0.1, 0.15) is 42.4 Å². The lowest BCUT2D eigenvalue weighted by atomic mass is 10.1. The molecule has 25 heteroatoms. The maximum atomic E-state index is 15.8. The number of imidazole rings is 2. The van der Waals surface area contributed by atoms with Gasteiger partial charge in [-0.05, 0) is 0 Å². The van der Waals surface area contributed by atoms with Crippen LogP contribution >= 0.6 is 15.6 Å². The second kappa shape index (κ2) is 10.8. The first-order valence-corrected chi connectivity index (χ1v) is 15.9. The third-order valence-electron chi connectivity index (χ3n) is 7.28. The van der Waals surface area contributed by atoms with Crippen LogP contribution in [0.4, 0.5) is 16.2 Å². The molecule has 4 bridgehead atoms. The number of phosphoric ester groups is 2. The monoisotopic (exact) mass is 676 g/mol. The van der Waals surface area contributed by atoms with E-state index < -0.39 is 83.6 Å². The van der Waals surface area contributed by atoms with Crippen molar-refractivity contribution in [2.45, 2.75) is 49.1 Å². The van der Waals surface area contributed by atoms with Gasteiger partial charge in [0.15, 0.2) is 41.3 Å². The molecule has 0 saturated carbocycles. The molecular formula is C20H23FN10O12P2. The molecule has 22 nitrogen and oxygen atoms in total. The van der Waals surface area contributed by atoms with Crippen LogP contribution in [-0.4, -0.2) is 104 Å². The second-order valence-corrected chi connectivity index (χ2v) is 12.9. The number of ether oxygens (including phenoxy) is 2. The molecule has 242 valence electrons. The van der Waals surface area contributed by atoms with Crippen molar-refractivity contribution >= 4 is 49.7 Å². The first-order chi connectivity index (χ1) is 21.3. The SMILES string of the molecule is Nc1nc2c(ncn2[C@@H]2O[C@@H]3COP(=O)(O)O[C@@H]4[C@H](F)[C@@H](COP(=O)(O)O[C@@H]2[C@@H]3O)O[C@H]4n2cnc3c(N)ncnc32)c(=O)[nH]1. The van der Waals surface area contributed by atoms with Gasteiger partial charge in [0, 0.05) is 0 Å². The summed E-state index contributed by atoms with van der Waals surface area (Å²) in [6.07, 6.45) is -10.6. The summed E-state index contributed by atoms with van der Waals surface area (Å²) in [5, 5.41) is 11.0. The van der Waals surface area contributed by atoms with Gasteiger partial charge in [-0.25, -0.2) is 33.5 Å². The Bertz CT molecular complexity index is 1940. The molecule has 3 saturated heterocycles. The maximum Gasteiger partial charge on any atom is 0.472 e. The van der Waals surface area contributed by atoms with Crippen molar-refractivity contribution in [3.63, 3.8) is 0 Å². The van der Waals surface area contributed by atoms with Gasteiger partial charge in [-0.2, -0.15) is 4.98 Å². The number of nitrogens with one attached hydrogen (secondary N) is 1. The van der Waals surface area contributed by atoms with Crippen molar-refractivity contribution in [2.75, 3.05) is 24.7 Å². The minimum Gasteiger partial charge on any atom is -0.387 e. The Morgan fingerprint density at radius 1 is 0.889 bits per heavy atom. The molecule has 0 amide bonds. The number of aromatic nitrogens is 8. The third-order valence-corrected chi connectivity index (χ3v) is 9.25. The number of rotatable bonds is 2. The zero-order chi connectivity index (χ0) is 31.8. The molecule has 45 heavy (non-hydrogen) atoms. The van der Waals surface area contributed by atoms with E-state index in [0.29, 0.717) is 0 Å². The molecular weight excluding hydrogens is 653 g/mol. The van der Waals surface area contributed by atoms with Crippen molar-refractivity contribution in [3.8, 4) is 0 Å². The standard InChI is InChI=1S/C20H23FN10O12P2/c21-8-6-1-38-45(36,37)43-13-11(32)7(41-19(13)31-5-27-10-16(31)28-20(23)29-17(10)33)2-39-44(34,35)42-12(8)18(40-6)30-4-26-9-14(22)24-3-25-15(9)30/h3-8,11-13,18-19,32H,1-2H2,(H,34,35)(H,36,37)(H2,22,24,25)(H3,23,28,29,33)/t6-,7-,8-,11-,12-,13-,18-,19-/m1/s1. The fourth-order valence-electron chi connectivity index (χ4n) is 5.25. The van der Waals surface area contributed by atoms with Crippen LogP contribution in [0.2, 0.25) is 0 Å². The summed E-state index contributed by atoms with van der Waals surface area (Å²) in [6.45, 7) is -1.81. The number of phosphoric acid groups is 2. The average molecular weight is 676 g/mol. The molecule has 0 radical (unpaired) electrons. The van der Waals surface area contributed by atoms with Crippen molar-refractivity contribution in [1.82, 2.24) is 39.0 Å². The highest BCUT2D eigenvalue weighted by Crippen LogP contribution is 2.54. The number of alkyl halides is 1. The molecule has 10 atom stereocenters. The van der Waals surface area contributed by atoms with Gasteiger partial charge in [-0.15, -0.1) is 0 Å². The van der Waals surface area contributed by atoms with Crippen LogP contribution in [0.3, 0.4) is 0 Å². The fourth-order valence-corrected chi connectivity index (χ4v) is 7.11. The maximum absolute atomic E-state index is 15.8. The van der Waals surface area contributed by atoms with Crippen molar-refractivity contribution in [2.24, 2.45) is 0 Å². The largest absolute Gasteiger partial charge is 0.472 e. The Labute approximate surface area is 248 Å². The van der Waals surface area contributed by atoms with Crippen LogP contribution < -0.4 is 17.0 Å². The minimum absolute atomic E-state index is 0.0134. The number of aliphatic hydroxyl groups excluding tert-OH is 1. The van der Waals surface area contributed by atoms with Crippen LogP contribution in [0.5, 0.6) is 0 Å². The zero-order valence-corrected chi connectivity index (χ0v) is 24.1. The Balaban J connectivity index is 1.23. The van der Waals surface area contributed by atoms with Gasteiger partial charge >= 0.3 is 15.6 Å². The Kier molecular flexibility index (Phi) is 7.26. The smallest absolute Gasteiger partial charge is 0.387 e. The van der Waals surface area contributed by atoms with E-state index in [2.05, 4.69) is 29.9 Å². The number of anilines is 2. The number of nitrogens with two attached hydrogens (primary N) is 2. The van der Waals surface area contributed by atoms with E-state index in [1.54, 1.807) is 0 Å². The molecule has 4 aromatic heterocycles. The Morgan fingerprint density at radius 2 is 1.49 bits per heavy atom. The number of hydrogen-bond acceptors (Lipinski definition) is 17. The van der Waals surface area contributed by atoms with Gasteiger partial charge in [0.25, 0.3) is 5.56 Å². The third kappa shape index (κ3) is 5.30. The number of hydrogen-bond donors (Lipinski definition) is 6. The number of aromatic amines is 1. The van der Waals surface area contributed by atoms with E-state index in [0.717, 1.165) is 23.5 Å². The van der Waals surface area contributed by atoms with Gasteiger partial charge in [-0.3, -0.25) is 37.0 Å². The fraction of sp³-hybridized carbons (Fsp3) is 0.500. The molecule has 0 spiro atoms. The number of nitrogens with zero attached hydrogens (tertiary/aromatic N) is 7. The van der Waals surface area contributed by atoms with Gasteiger partial charge < -0.3 is 35.8 Å². The minimum atomic E-state index is -5.15. The molecule has 0 aromatic carbocycles. The van der Waals surface area contributed by atoms with Crippen molar-refractivity contribution in [1.29, 1.82) is 0 Å². The topological polar surface area (TPSA) is 309 Å². The molecule has 0 aliphatic carbocycles. The number of nitrogen functional groups attached to an aromatic ring is 2. The summed E-state index contributed by atoms with van der Waals surface area (Å²) in [6, 6.07) is 0. The average Bonchev–Trinajstić information content (AvgIpc) is 3.72. The first-order valence-electron chi connectivity index (χ1n) is 12.9. The summed E-state index contributed by atoms with van der Waals surface area (Å²) in [7, 11) is -10.3. The molecule has 7 rings (SSSR count). The van der Waals surface area contributed by atoms with E-state index in [-0.39, 0.29) is 34.1 Å². The Morgan fingerprint density at radius 3 is 2.22 bits per heavy atom. The number of H-pyrrole nitrogens is 1. The van der Waals surface area contributed by atoms with E-state index in [9.17, 15) is 28.8 Å². The van der Waals surface area contributed by atoms with Crippen molar-refractivity contribution in [3.05, 3.63) is 29.3 Å². The van der Waals surface area contributed by atoms with Crippen LogP contribution in [-0.2, 0) is 36.7 Å². The molecule has 4 aromatic rings. The van der Waals surface area contributed by atoms with Crippen LogP contribution in [0.15, 0.2) is 23.8 Å². The molecule has 3 aliphatic heterocycles. The lowest BCUT2D eigenvalue weighted by molar-refractivity contribution is -0.0674. The highest BCUT2D eigenvalue weighted by atomic mass is 31.2. The number of halogens is 1. The van der Waals surface area contributed by atoms with E-state index >= 15 is 4.39 Å². The Hall–Kier alpha value is -3.47.